The van der Waals surface area contributed by atoms with E-state index in [-0.39, 0.29) is 24.0 Å². The van der Waals surface area contributed by atoms with E-state index in [0.717, 1.165) is 56.9 Å². The summed E-state index contributed by atoms with van der Waals surface area (Å²) in [6.45, 7) is 14.6. The number of rotatable bonds is 7. The monoisotopic (exact) mass is 414 g/mol. The summed E-state index contributed by atoms with van der Waals surface area (Å²) < 4.78 is 6.26. The number of hydrogen-bond donors (Lipinski definition) is 1. The maximum absolute atomic E-state index is 12.1. The molecule has 0 radical (unpaired) electrons. The van der Waals surface area contributed by atoms with Gasteiger partial charge in [-0.05, 0) is 59.5 Å². The molecule has 0 unspecified atom stereocenters. The van der Waals surface area contributed by atoms with Crippen molar-refractivity contribution in [1.82, 2.24) is 15.2 Å². The maximum atomic E-state index is 12.1. The van der Waals surface area contributed by atoms with E-state index in [0.29, 0.717) is 12.4 Å². The first kappa shape index (κ1) is 22.4. The summed E-state index contributed by atoms with van der Waals surface area (Å²) in [6.07, 6.45) is 5.55. The largest absolute Gasteiger partial charge is 0.370 e. The molecule has 0 aliphatic carbocycles. The van der Waals surface area contributed by atoms with E-state index >= 15 is 0 Å². The number of likely N-dealkylation sites (tertiary alicyclic amines) is 1. The van der Waals surface area contributed by atoms with Gasteiger partial charge in [0, 0.05) is 44.5 Å². The fourth-order valence-corrected chi connectivity index (χ4v) is 4.38. The van der Waals surface area contributed by atoms with E-state index in [9.17, 15) is 4.79 Å². The van der Waals surface area contributed by atoms with Crippen molar-refractivity contribution in [3.05, 3.63) is 12.3 Å². The Labute approximate surface area is 179 Å². The normalized spacial score (nSPS) is 23.6. The zero-order chi connectivity index (χ0) is 21.5. The molecule has 3 rings (SSSR count). The number of pyridine rings is 1. The SMILES string of the molecule is C=Nc1nccc(N2C[C@H](CN3CCC(C(=O)NCC)CC3)O[C@H](C)C2)c1N=CC. The molecule has 1 aromatic rings. The average molecular weight is 415 g/mol. The van der Waals surface area contributed by atoms with Crippen LogP contribution in [0, 0.1) is 5.92 Å². The van der Waals surface area contributed by atoms with Crippen LogP contribution < -0.4 is 10.2 Å². The molecule has 2 aliphatic rings. The highest BCUT2D eigenvalue weighted by Gasteiger charge is 2.31. The van der Waals surface area contributed by atoms with Crippen molar-refractivity contribution in [1.29, 1.82) is 0 Å². The predicted molar refractivity (Wildman–Crippen MR) is 122 cm³/mol. The number of aliphatic imine (C=N–C) groups is 2. The minimum atomic E-state index is 0.0986. The molecule has 1 aromatic heterocycles. The number of morpholine rings is 1. The average Bonchev–Trinajstić information content (AvgIpc) is 2.74. The molecule has 1 N–H and O–H groups in total. The number of ether oxygens (including phenoxy) is 1. The zero-order valence-electron chi connectivity index (χ0n) is 18.4. The van der Waals surface area contributed by atoms with Crippen molar-refractivity contribution in [3.8, 4) is 0 Å². The highest BCUT2D eigenvalue weighted by molar-refractivity contribution is 5.80. The van der Waals surface area contributed by atoms with E-state index in [4.69, 9.17) is 4.74 Å². The summed E-state index contributed by atoms with van der Waals surface area (Å²) in [4.78, 5) is 29.7. The number of nitrogens with zero attached hydrogens (tertiary/aromatic N) is 5. The Kier molecular flexibility index (Phi) is 7.93. The Bertz CT molecular complexity index is 760. The molecule has 30 heavy (non-hydrogen) atoms. The van der Waals surface area contributed by atoms with Gasteiger partial charge >= 0.3 is 0 Å². The molecule has 2 atom stereocenters. The van der Waals surface area contributed by atoms with Crippen molar-refractivity contribution in [2.45, 2.75) is 45.8 Å². The smallest absolute Gasteiger partial charge is 0.223 e. The number of hydrogen-bond acceptors (Lipinski definition) is 7. The quantitative estimate of drug-likeness (QED) is 0.694. The number of carbonyl (C=O) groups excluding carboxylic acids is 1. The van der Waals surface area contributed by atoms with E-state index < -0.39 is 0 Å². The Balaban J connectivity index is 1.64. The molecule has 2 fully saturated rings. The zero-order valence-corrected chi connectivity index (χ0v) is 18.4. The first-order valence-corrected chi connectivity index (χ1v) is 10.9. The standard InChI is InChI=1S/C22H34N6O2/c1-5-24-20-19(7-10-26-21(20)23-4)28-13-16(3)30-18(15-28)14-27-11-8-17(9-12-27)22(29)25-6-2/h5,7,10,16-18H,4,6,8-9,11-15H2,1-3H3,(H,25,29)/t16-,18+/m1/s1. The Hall–Kier alpha value is -2.32. The summed E-state index contributed by atoms with van der Waals surface area (Å²) in [7, 11) is 0. The predicted octanol–water partition coefficient (Wildman–Crippen LogP) is 2.58. The first-order chi connectivity index (χ1) is 14.5. The van der Waals surface area contributed by atoms with Crippen LogP contribution in [-0.2, 0) is 9.53 Å². The molecule has 3 heterocycles. The minimum Gasteiger partial charge on any atom is -0.370 e. The fraction of sp³-hybridized carbons (Fsp3) is 0.636. The van der Waals surface area contributed by atoms with Crippen LogP contribution in [0.1, 0.15) is 33.6 Å². The number of carbonyl (C=O) groups is 1. The number of amides is 1. The summed E-state index contributed by atoms with van der Waals surface area (Å²) in [6, 6.07) is 1.99. The van der Waals surface area contributed by atoms with Gasteiger partial charge in [-0.3, -0.25) is 9.79 Å². The van der Waals surface area contributed by atoms with Gasteiger partial charge in [0.2, 0.25) is 5.91 Å². The fourth-order valence-electron chi connectivity index (χ4n) is 4.38. The van der Waals surface area contributed by atoms with Crippen LogP contribution >= 0.6 is 0 Å². The van der Waals surface area contributed by atoms with Crippen LogP contribution in [0.3, 0.4) is 0 Å². The minimum absolute atomic E-state index is 0.0986. The van der Waals surface area contributed by atoms with E-state index in [1.54, 1.807) is 12.4 Å². The van der Waals surface area contributed by atoms with Crippen LogP contribution in [0.15, 0.2) is 22.2 Å². The van der Waals surface area contributed by atoms with E-state index in [1.807, 2.05) is 19.9 Å². The highest BCUT2D eigenvalue weighted by Crippen LogP contribution is 2.37. The van der Waals surface area contributed by atoms with Gasteiger partial charge in [-0.2, -0.15) is 0 Å². The lowest BCUT2D eigenvalue weighted by Gasteiger charge is -2.41. The van der Waals surface area contributed by atoms with Crippen molar-refractivity contribution in [2.75, 3.05) is 44.2 Å². The van der Waals surface area contributed by atoms with E-state index in [2.05, 4.69) is 43.7 Å². The number of nitrogens with one attached hydrogen (secondary N) is 1. The summed E-state index contributed by atoms with van der Waals surface area (Å²) >= 11 is 0. The maximum Gasteiger partial charge on any atom is 0.223 e. The molecular formula is C22H34N6O2. The van der Waals surface area contributed by atoms with Crippen molar-refractivity contribution >= 4 is 36.0 Å². The highest BCUT2D eigenvalue weighted by atomic mass is 16.5. The Morgan fingerprint density at radius 3 is 2.83 bits per heavy atom. The number of anilines is 1. The van der Waals surface area contributed by atoms with Gasteiger partial charge in [-0.25, -0.2) is 9.98 Å². The second-order valence-corrected chi connectivity index (χ2v) is 7.99. The molecule has 2 aliphatic heterocycles. The lowest BCUT2D eigenvalue weighted by molar-refractivity contribution is -0.126. The third kappa shape index (κ3) is 5.43. The number of piperidine rings is 1. The summed E-state index contributed by atoms with van der Waals surface area (Å²) in [5.41, 5.74) is 1.77. The van der Waals surface area contributed by atoms with Crippen molar-refractivity contribution in [3.63, 3.8) is 0 Å². The van der Waals surface area contributed by atoms with Gasteiger partial charge in [0.25, 0.3) is 0 Å². The van der Waals surface area contributed by atoms with Crippen LogP contribution in [0.5, 0.6) is 0 Å². The van der Waals surface area contributed by atoms with Crippen LogP contribution in [-0.4, -0.2) is 80.2 Å². The second-order valence-electron chi connectivity index (χ2n) is 7.99. The molecule has 0 saturated carbocycles. The molecule has 1 amide bonds. The Morgan fingerprint density at radius 2 is 2.17 bits per heavy atom. The van der Waals surface area contributed by atoms with Gasteiger partial charge < -0.3 is 19.9 Å². The summed E-state index contributed by atoms with van der Waals surface area (Å²) in [5.74, 6) is 0.882. The lowest BCUT2D eigenvalue weighted by Crippen LogP contribution is -2.52. The lowest BCUT2D eigenvalue weighted by atomic mass is 9.95. The molecule has 0 spiro atoms. The number of aromatic nitrogens is 1. The van der Waals surface area contributed by atoms with Gasteiger partial charge in [0.05, 0.1) is 17.9 Å². The van der Waals surface area contributed by atoms with Crippen molar-refractivity contribution in [2.24, 2.45) is 15.9 Å². The van der Waals surface area contributed by atoms with Gasteiger partial charge in [-0.1, -0.05) is 0 Å². The molecule has 0 bridgehead atoms. The van der Waals surface area contributed by atoms with Gasteiger partial charge in [0.1, 0.15) is 5.69 Å². The van der Waals surface area contributed by atoms with Gasteiger partial charge in [-0.15, -0.1) is 0 Å². The van der Waals surface area contributed by atoms with Crippen molar-refractivity contribution < 1.29 is 9.53 Å². The molecule has 164 valence electrons. The topological polar surface area (TPSA) is 82.4 Å². The molecular weight excluding hydrogens is 380 g/mol. The van der Waals surface area contributed by atoms with Crippen LogP contribution in [0.2, 0.25) is 0 Å². The third-order valence-electron chi connectivity index (χ3n) is 5.73. The van der Waals surface area contributed by atoms with Gasteiger partial charge in [0.15, 0.2) is 5.82 Å². The third-order valence-corrected chi connectivity index (χ3v) is 5.73. The second kappa shape index (κ2) is 10.6. The van der Waals surface area contributed by atoms with E-state index in [1.165, 1.54) is 0 Å². The Morgan fingerprint density at radius 1 is 1.40 bits per heavy atom. The molecule has 2 saturated heterocycles. The molecule has 8 nitrogen and oxygen atoms in total. The van der Waals surface area contributed by atoms with Crippen LogP contribution in [0.4, 0.5) is 17.2 Å². The molecule has 0 aromatic carbocycles. The first-order valence-electron chi connectivity index (χ1n) is 10.9. The molecule has 8 heteroatoms. The van der Waals surface area contributed by atoms with Crippen LogP contribution in [0.25, 0.3) is 0 Å². The summed E-state index contributed by atoms with van der Waals surface area (Å²) in [5, 5.41) is 2.95.